The van der Waals surface area contributed by atoms with Gasteiger partial charge in [0.1, 0.15) is 12.4 Å². The molecule has 2 aliphatic rings. The molecule has 1 aliphatic carbocycles. The topological polar surface area (TPSA) is 32.1 Å². The Balaban J connectivity index is 1.44. The van der Waals surface area contributed by atoms with Crippen molar-refractivity contribution in [3.05, 3.63) is 119 Å². The summed E-state index contributed by atoms with van der Waals surface area (Å²) in [4.78, 5) is 0. The van der Waals surface area contributed by atoms with Gasteiger partial charge < -0.3 is 10.1 Å². The van der Waals surface area contributed by atoms with Crippen LogP contribution in [0, 0.1) is 6.92 Å². The lowest BCUT2D eigenvalue weighted by atomic mass is 10.3. The zero-order chi connectivity index (χ0) is 21.2. The average molecular weight is 427 g/mol. The van der Waals surface area contributed by atoms with Crippen LogP contribution in [0.2, 0.25) is 0 Å². The van der Waals surface area contributed by atoms with E-state index in [4.69, 9.17) is 10.1 Å². The molecule has 0 amide bonds. The van der Waals surface area contributed by atoms with Gasteiger partial charge in [-0.1, -0.05) is 78.9 Å². The van der Waals surface area contributed by atoms with Gasteiger partial charge in [0.2, 0.25) is 0 Å². The molecule has 1 atom stereocenters. The number of aryl methyl sites for hydroxylation is 1. The van der Waals surface area contributed by atoms with Crippen LogP contribution in [0.3, 0.4) is 0 Å². The van der Waals surface area contributed by atoms with E-state index >= 15 is 0 Å². The van der Waals surface area contributed by atoms with Crippen molar-refractivity contribution in [2.75, 3.05) is 6.61 Å². The number of rotatable bonds is 5. The standard InChI is InChI=1S/C26H26N3OP/c1-20-28(2)16-17-29(20)18-21-19-30-26(27-21)24-14-9-15-25(24)31(22-10-5-3-6-11-22)23-12-7-4-8-13-23/h3-17,21H,18-19H2,1-2H3/b26-24-/t21-/m1/s1. The van der Waals surface area contributed by atoms with Gasteiger partial charge in [0.15, 0.2) is 0 Å². The van der Waals surface area contributed by atoms with E-state index in [1.54, 1.807) is 0 Å². The Morgan fingerprint density at radius 2 is 1.74 bits per heavy atom. The third-order valence-electron chi connectivity index (χ3n) is 5.81. The summed E-state index contributed by atoms with van der Waals surface area (Å²) in [5.74, 6) is 1.99. The maximum atomic E-state index is 6.13. The minimum Gasteiger partial charge on any atom is -0.645 e. The number of aromatic nitrogens is 2. The Morgan fingerprint density at radius 1 is 1.06 bits per heavy atom. The van der Waals surface area contributed by atoms with E-state index in [0.29, 0.717) is 6.61 Å². The zero-order valence-electron chi connectivity index (χ0n) is 17.8. The molecule has 0 radical (unpaired) electrons. The molecule has 5 heteroatoms. The van der Waals surface area contributed by atoms with Crippen LogP contribution in [0.1, 0.15) is 5.82 Å². The number of hydrogen-bond acceptors (Lipinski definition) is 1. The van der Waals surface area contributed by atoms with E-state index in [0.717, 1.165) is 18.0 Å². The summed E-state index contributed by atoms with van der Waals surface area (Å²) in [5, 5.41) is 8.95. The van der Waals surface area contributed by atoms with Crippen LogP contribution < -0.4 is 15.2 Å². The molecule has 1 saturated heterocycles. The molecule has 1 aliphatic heterocycles. The number of ether oxygens (including phenoxy) is 1. The van der Waals surface area contributed by atoms with E-state index in [1.165, 1.54) is 21.7 Å². The van der Waals surface area contributed by atoms with Crippen molar-refractivity contribution in [2.45, 2.75) is 19.5 Å². The van der Waals surface area contributed by atoms with Crippen molar-refractivity contribution in [3.63, 3.8) is 0 Å². The van der Waals surface area contributed by atoms with Crippen LogP contribution in [0.5, 0.6) is 0 Å². The minimum atomic E-state index is -0.679. The lowest BCUT2D eigenvalue weighted by molar-refractivity contribution is -0.677. The van der Waals surface area contributed by atoms with Crippen LogP contribution >= 0.6 is 7.92 Å². The van der Waals surface area contributed by atoms with Crippen molar-refractivity contribution >= 4 is 18.5 Å². The first kappa shape index (κ1) is 19.8. The van der Waals surface area contributed by atoms with Gasteiger partial charge in [0.25, 0.3) is 5.82 Å². The Bertz CT molecular complexity index is 1120. The molecule has 0 bridgehead atoms. The van der Waals surface area contributed by atoms with E-state index in [-0.39, 0.29) is 6.04 Å². The minimum absolute atomic E-state index is 0.128. The van der Waals surface area contributed by atoms with Gasteiger partial charge in [0.05, 0.1) is 20.2 Å². The fourth-order valence-corrected chi connectivity index (χ4v) is 6.48. The number of imidazole rings is 1. The molecule has 156 valence electrons. The molecule has 0 unspecified atom stereocenters. The van der Waals surface area contributed by atoms with Crippen molar-refractivity contribution in [1.82, 2.24) is 4.57 Å². The molecular formula is C26H26N3OP. The molecule has 1 fully saturated rings. The average Bonchev–Trinajstić information content (AvgIpc) is 3.53. The largest absolute Gasteiger partial charge is 0.645 e. The van der Waals surface area contributed by atoms with Crippen molar-refractivity contribution in [2.24, 2.45) is 7.05 Å². The number of nitrogens with zero attached hydrogens (tertiary/aromatic N) is 3. The van der Waals surface area contributed by atoms with Crippen LogP contribution in [0.25, 0.3) is 5.32 Å². The molecule has 2 heterocycles. The Labute approximate surface area is 184 Å². The quantitative estimate of drug-likeness (QED) is 0.444. The second kappa shape index (κ2) is 8.56. The molecule has 0 N–H and O–H groups in total. The summed E-state index contributed by atoms with van der Waals surface area (Å²) in [6, 6.07) is 21.7. The van der Waals surface area contributed by atoms with E-state index in [9.17, 15) is 0 Å². The first-order valence-corrected chi connectivity index (χ1v) is 11.9. The second-order valence-corrected chi connectivity index (χ2v) is 10.0. The highest BCUT2D eigenvalue weighted by Crippen LogP contribution is 2.50. The fraction of sp³-hybridized carbons (Fsp3) is 0.192. The normalized spacial score (nSPS) is 20.1. The molecule has 2 aromatic carbocycles. The molecule has 0 spiro atoms. The summed E-state index contributed by atoms with van der Waals surface area (Å²) >= 11 is 0. The van der Waals surface area contributed by atoms with Crippen LogP contribution in [0.15, 0.2) is 108 Å². The summed E-state index contributed by atoms with van der Waals surface area (Å²) < 4.78 is 10.5. The summed E-state index contributed by atoms with van der Waals surface area (Å²) in [5.41, 5.74) is 1.12. The number of benzene rings is 2. The Morgan fingerprint density at radius 3 is 2.35 bits per heavy atom. The van der Waals surface area contributed by atoms with Crippen LogP contribution in [-0.2, 0) is 18.3 Å². The first-order valence-electron chi connectivity index (χ1n) is 10.6. The summed E-state index contributed by atoms with van der Waals surface area (Å²) in [7, 11) is 1.39. The highest BCUT2D eigenvalue weighted by Gasteiger charge is 2.25. The SMILES string of the molecule is Cc1n(C[C@@H]2CO/C(=C3/C=CC=C3P(c3ccccc3)c3ccccc3)[N-]2)cc[n+]1C. The van der Waals surface area contributed by atoms with Crippen LogP contribution in [-0.4, -0.2) is 17.2 Å². The lowest BCUT2D eigenvalue weighted by Gasteiger charge is -2.26. The van der Waals surface area contributed by atoms with Crippen molar-refractivity contribution < 1.29 is 9.30 Å². The van der Waals surface area contributed by atoms with Crippen LogP contribution in [0.4, 0.5) is 0 Å². The predicted molar refractivity (Wildman–Crippen MR) is 127 cm³/mol. The smallest absolute Gasteiger partial charge is 0.252 e. The highest BCUT2D eigenvalue weighted by atomic mass is 31.1. The molecule has 1 aromatic heterocycles. The van der Waals surface area contributed by atoms with Gasteiger partial charge >= 0.3 is 0 Å². The molecular weight excluding hydrogens is 401 g/mol. The summed E-state index contributed by atoms with van der Waals surface area (Å²) in [6.45, 7) is 3.58. The van der Waals surface area contributed by atoms with E-state index in [2.05, 4.69) is 114 Å². The fourth-order valence-electron chi connectivity index (χ4n) is 4.04. The molecule has 4 nitrogen and oxygen atoms in total. The number of allylic oxidation sites excluding steroid dienone is 5. The first-order chi connectivity index (χ1) is 15.2. The highest BCUT2D eigenvalue weighted by molar-refractivity contribution is 7.77. The van der Waals surface area contributed by atoms with E-state index < -0.39 is 7.92 Å². The number of hydrogen-bond donors (Lipinski definition) is 0. The van der Waals surface area contributed by atoms with Crippen molar-refractivity contribution in [1.29, 1.82) is 0 Å². The third-order valence-corrected chi connectivity index (χ3v) is 8.31. The van der Waals surface area contributed by atoms with Gasteiger partial charge in [0, 0.05) is 18.4 Å². The van der Waals surface area contributed by atoms with Gasteiger partial charge in [-0.05, 0) is 29.9 Å². The maximum Gasteiger partial charge on any atom is 0.252 e. The predicted octanol–water partition coefficient (Wildman–Crippen LogP) is 4.19. The van der Waals surface area contributed by atoms with Crippen molar-refractivity contribution in [3.8, 4) is 0 Å². The second-order valence-electron chi connectivity index (χ2n) is 7.84. The summed E-state index contributed by atoms with van der Waals surface area (Å²) in [6.07, 6.45) is 10.7. The molecule has 5 rings (SSSR count). The van der Waals surface area contributed by atoms with Gasteiger partial charge in [-0.15, -0.1) is 0 Å². The monoisotopic (exact) mass is 427 g/mol. The van der Waals surface area contributed by atoms with Gasteiger partial charge in [-0.25, -0.2) is 9.13 Å². The molecule has 31 heavy (non-hydrogen) atoms. The lowest BCUT2D eigenvalue weighted by Crippen LogP contribution is -2.30. The third kappa shape index (κ3) is 3.96. The Kier molecular flexibility index (Phi) is 5.48. The molecule has 0 saturated carbocycles. The Hall–Kier alpha value is -3.10. The van der Waals surface area contributed by atoms with Gasteiger partial charge in [-0.2, -0.15) is 0 Å². The molecule has 3 aromatic rings. The maximum absolute atomic E-state index is 6.13. The van der Waals surface area contributed by atoms with Gasteiger partial charge in [-0.3, -0.25) is 0 Å². The van der Waals surface area contributed by atoms with E-state index in [1.807, 2.05) is 0 Å². The zero-order valence-corrected chi connectivity index (χ0v) is 18.7.